The molecule has 3 rings (SSSR count). The van der Waals surface area contributed by atoms with Gasteiger partial charge in [-0.05, 0) is 38.0 Å². The van der Waals surface area contributed by atoms with Crippen molar-refractivity contribution in [3.63, 3.8) is 0 Å². The molecular formula is C15H17Cl2N3S. The van der Waals surface area contributed by atoms with E-state index in [9.17, 15) is 0 Å². The number of nitrogens with zero attached hydrogens (tertiary/aromatic N) is 2. The third-order valence-electron chi connectivity index (χ3n) is 3.71. The lowest BCUT2D eigenvalue weighted by Gasteiger charge is -2.23. The number of halogens is 2. The van der Waals surface area contributed by atoms with Crippen molar-refractivity contribution in [1.82, 2.24) is 4.98 Å². The first-order chi connectivity index (χ1) is 10.1. The molecule has 3 nitrogen and oxygen atoms in total. The lowest BCUT2D eigenvalue weighted by molar-refractivity contribution is 0.876. The molecule has 2 aromatic heterocycles. The second-order valence-electron chi connectivity index (χ2n) is 5.21. The van der Waals surface area contributed by atoms with Gasteiger partial charge in [0.1, 0.15) is 0 Å². The largest absolute Gasteiger partial charge is 0.375 e. The number of rotatable bonds is 4. The molecule has 1 saturated heterocycles. The van der Waals surface area contributed by atoms with Crippen LogP contribution >= 0.6 is 34.5 Å². The summed E-state index contributed by atoms with van der Waals surface area (Å²) < 4.78 is 1.46. The molecule has 2 aromatic rings. The Morgan fingerprint density at radius 1 is 1.33 bits per heavy atom. The summed E-state index contributed by atoms with van der Waals surface area (Å²) in [5.41, 5.74) is 2.08. The van der Waals surface area contributed by atoms with Gasteiger partial charge in [0.25, 0.3) is 0 Å². The fourth-order valence-electron chi connectivity index (χ4n) is 2.65. The topological polar surface area (TPSA) is 28.2 Å². The van der Waals surface area contributed by atoms with Crippen LogP contribution in [0.5, 0.6) is 0 Å². The van der Waals surface area contributed by atoms with Crippen molar-refractivity contribution in [3.05, 3.63) is 38.6 Å². The second-order valence-corrected chi connectivity index (χ2v) is 7.50. The van der Waals surface area contributed by atoms with Crippen molar-refractivity contribution < 1.29 is 0 Å². The molecule has 0 aliphatic carbocycles. The third-order valence-corrected chi connectivity index (χ3v) is 5.23. The smallest absolute Gasteiger partial charge is 0.151 e. The van der Waals surface area contributed by atoms with Gasteiger partial charge in [-0.1, -0.05) is 23.2 Å². The molecule has 1 aliphatic heterocycles. The van der Waals surface area contributed by atoms with Gasteiger partial charge in [0.05, 0.1) is 20.4 Å². The van der Waals surface area contributed by atoms with E-state index in [0.29, 0.717) is 0 Å². The number of nitrogens with one attached hydrogen (secondary N) is 1. The summed E-state index contributed by atoms with van der Waals surface area (Å²) in [5, 5.41) is 3.52. The highest BCUT2D eigenvalue weighted by molar-refractivity contribution is 7.20. The highest BCUT2D eigenvalue weighted by atomic mass is 35.5. The maximum Gasteiger partial charge on any atom is 0.151 e. The van der Waals surface area contributed by atoms with Gasteiger partial charge in [0.15, 0.2) is 5.82 Å². The summed E-state index contributed by atoms with van der Waals surface area (Å²) in [4.78, 5) is 6.87. The van der Waals surface area contributed by atoms with Gasteiger partial charge in [-0.25, -0.2) is 4.98 Å². The SMILES string of the molecule is CC(Nc1cccnc1N1CCCC1)c1cc(Cl)sc1Cl. The predicted octanol–water partition coefficient (Wildman–Crippen LogP) is 5.22. The Morgan fingerprint density at radius 3 is 2.76 bits per heavy atom. The van der Waals surface area contributed by atoms with Crippen LogP contribution in [0.3, 0.4) is 0 Å². The Kier molecular flexibility index (Phi) is 4.57. The molecule has 0 amide bonds. The minimum atomic E-state index is 0.0896. The number of hydrogen-bond acceptors (Lipinski definition) is 4. The molecule has 1 atom stereocenters. The van der Waals surface area contributed by atoms with E-state index in [1.807, 2.05) is 18.3 Å². The fraction of sp³-hybridized carbons (Fsp3) is 0.400. The van der Waals surface area contributed by atoms with Crippen LogP contribution in [-0.2, 0) is 0 Å². The van der Waals surface area contributed by atoms with E-state index >= 15 is 0 Å². The van der Waals surface area contributed by atoms with E-state index in [4.69, 9.17) is 23.2 Å². The van der Waals surface area contributed by atoms with Gasteiger partial charge in [-0.15, -0.1) is 11.3 Å². The molecule has 0 aromatic carbocycles. The number of thiophene rings is 1. The molecule has 1 fully saturated rings. The molecule has 3 heterocycles. The minimum Gasteiger partial charge on any atom is -0.375 e. The Labute approximate surface area is 138 Å². The van der Waals surface area contributed by atoms with E-state index < -0.39 is 0 Å². The number of hydrogen-bond donors (Lipinski definition) is 1. The predicted molar refractivity (Wildman–Crippen MR) is 92.1 cm³/mol. The first kappa shape index (κ1) is 14.9. The van der Waals surface area contributed by atoms with E-state index in [2.05, 4.69) is 28.2 Å². The summed E-state index contributed by atoms with van der Waals surface area (Å²) in [6, 6.07) is 6.04. The summed E-state index contributed by atoms with van der Waals surface area (Å²) >= 11 is 13.7. The lowest BCUT2D eigenvalue weighted by Crippen LogP contribution is -2.21. The molecule has 1 N–H and O–H groups in total. The Balaban J connectivity index is 1.82. The first-order valence-electron chi connectivity index (χ1n) is 7.06. The normalized spacial score (nSPS) is 16.2. The average molecular weight is 342 g/mol. The van der Waals surface area contributed by atoms with Crippen LogP contribution in [0.1, 0.15) is 31.4 Å². The third kappa shape index (κ3) is 3.28. The Morgan fingerprint density at radius 2 is 2.10 bits per heavy atom. The van der Waals surface area contributed by atoms with Gasteiger partial charge in [0, 0.05) is 24.8 Å². The maximum atomic E-state index is 6.24. The minimum absolute atomic E-state index is 0.0896. The molecule has 21 heavy (non-hydrogen) atoms. The van der Waals surface area contributed by atoms with Gasteiger partial charge >= 0.3 is 0 Å². The van der Waals surface area contributed by atoms with Crippen molar-refractivity contribution in [2.45, 2.75) is 25.8 Å². The molecular weight excluding hydrogens is 325 g/mol. The van der Waals surface area contributed by atoms with Crippen molar-refractivity contribution in [3.8, 4) is 0 Å². The van der Waals surface area contributed by atoms with E-state index in [-0.39, 0.29) is 6.04 Å². The first-order valence-corrected chi connectivity index (χ1v) is 8.63. The lowest BCUT2D eigenvalue weighted by atomic mass is 10.1. The second kappa shape index (κ2) is 6.42. The maximum absolute atomic E-state index is 6.24. The fourth-order valence-corrected chi connectivity index (χ4v) is 4.30. The van der Waals surface area contributed by atoms with Gasteiger partial charge in [-0.2, -0.15) is 0 Å². The zero-order valence-electron chi connectivity index (χ0n) is 11.8. The number of aromatic nitrogens is 1. The molecule has 6 heteroatoms. The van der Waals surface area contributed by atoms with Gasteiger partial charge < -0.3 is 10.2 Å². The highest BCUT2D eigenvalue weighted by Gasteiger charge is 2.19. The van der Waals surface area contributed by atoms with Crippen LogP contribution in [-0.4, -0.2) is 18.1 Å². The monoisotopic (exact) mass is 341 g/mol. The zero-order valence-corrected chi connectivity index (χ0v) is 14.1. The van der Waals surface area contributed by atoms with Gasteiger partial charge in [-0.3, -0.25) is 0 Å². The van der Waals surface area contributed by atoms with Crippen LogP contribution in [0.15, 0.2) is 24.4 Å². The molecule has 112 valence electrons. The molecule has 0 spiro atoms. The quantitative estimate of drug-likeness (QED) is 0.825. The Bertz CT molecular complexity index is 623. The van der Waals surface area contributed by atoms with Crippen LogP contribution in [0.4, 0.5) is 11.5 Å². The van der Waals surface area contributed by atoms with Crippen molar-refractivity contribution in [2.75, 3.05) is 23.3 Å². The summed E-state index contributed by atoms with van der Waals surface area (Å²) in [5.74, 6) is 1.03. The van der Waals surface area contributed by atoms with Crippen LogP contribution < -0.4 is 10.2 Å². The van der Waals surface area contributed by atoms with Crippen LogP contribution in [0, 0.1) is 0 Å². The van der Waals surface area contributed by atoms with Crippen molar-refractivity contribution >= 4 is 46.0 Å². The molecule has 1 aliphatic rings. The standard InChI is InChI=1S/C15H17Cl2N3S/c1-10(11-9-13(16)21-14(11)17)19-12-5-4-6-18-15(12)20-7-2-3-8-20/h4-6,9-10,19H,2-3,7-8H2,1H3. The molecule has 0 radical (unpaired) electrons. The van der Waals surface area contributed by atoms with Crippen LogP contribution in [0.2, 0.25) is 8.67 Å². The summed E-state index contributed by atoms with van der Waals surface area (Å²) in [6.07, 6.45) is 4.31. The molecule has 1 unspecified atom stereocenters. The van der Waals surface area contributed by atoms with Crippen molar-refractivity contribution in [2.24, 2.45) is 0 Å². The van der Waals surface area contributed by atoms with E-state index in [0.717, 1.165) is 38.8 Å². The number of anilines is 2. The Hall–Kier alpha value is -0.970. The highest BCUT2D eigenvalue weighted by Crippen LogP contribution is 2.37. The molecule has 0 saturated carbocycles. The van der Waals surface area contributed by atoms with Crippen molar-refractivity contribution in [1.29, 1.82) is 0 Å². The molecule has 0 bridgehead atoms. The van der Waals surface area contributed by atoms with Crippen LogP contribution in [0.25, 0.3) is 0 Å². The average Bonchev–Trinajstić information content (AvgIpc) is 3.09. The summed E-state index contributed by atoms with van der Waals surface area (Å²) in [7, 11) is 0. The number of pyridine rings is 1. The summed E-state index contributed by atoms with van der Waals surface area (Å²) in [6.45, 7) is 4.24. The zero-order chi connectivity index (χ0) is 14.8. The van der Waals surface area contributed by atoms with E-state index in [1.165, 1.54) is 24.2 Å². The van der Waals surface area contributed by atoms with Gasteiger partial charge in [0.2, 0.25) is 0 Å². The van der Waals surface area contributed by atoms with E-state index in [1.54, 1.807) is 0 Å².